The first kappa shape index (κ1) is 27.7. The lowest BCUT2D eigenvalue weighted by molar-refractivity contribution is -0.696. The van der Waals surface area contributed by atoms with Gasteiger partial charge in [-0.05, 0) is 19.8 Å². The molecule has 7 heteroatoms. The van der Waals surface area contributed by atoms with Crippen LogP contribution >= 0.6 is 0 Å². The molecule has 0 atom stereocenters. The summed E-state index contributed by atoms with van der Waals surface area (Å²) >= 11 is 0. The number of hydrogen-bond acceptors (Lipinski definition) is 2. The van der Waals surface area contributed by atoms with Crippen LogP contribution in [0.1, 0.15) is 76.7 Å². The molecular formula is C24H40ClN3O2S. The van der Waals surface area contributed by atoms with Gasteiger partial charge in [-0.2, -0.15) is 12.7 Å². The van der Waals surface area contributed by atoms with Crippen LogP contribution < -0.4 is 17.0 Å². The van der Waals surface area contributed by atoms with Gasteiger partial charge in [-0.1, -0.05) is 88.1 Å². The fourth-order valence-electron chi connectivity index (χ4n) is 3.63. The van der Waals surface area contributed by atoms with E-state index in [1.54, 1.807) is 20.4 Å². The van der Waals surface area contributed by atoms with Gasteiger partial charge in [-0.3, -0.25) is 0 Å². The molecule has 0 saturated carbocycles. The van der Waals surface area contributed by atoms with Crippen molar-refractivity contribution in [2.45, 2.75) is 84.6 Å². The van der Waals surface area contributed by atoms with Crippen molar-refractivity contribution < 1.29 is 25.4 Å². The molecule has 0 fully saturated rings. The summed E-state index contributed by atoms with van der Waals surface area (Å²) in [6, 6.07) is 8.00. The third kappa shape index (κ3) is 8.59. The van der Waals surface area contributed by atoms with E-state index in [9.17, 15) is 8.42 Å². The predicted molar refractivity (Wildman–Crippen MR) is 125 cm³/mol. The fraction of sp³-hybridized carbons (Fsp3) is 0.625. The van der Waals surface area contributed by atoms with Crippen molar-refractivity contribution in [1.82, 2.24) is 8.28 Å². The minimum Gasteiger partial charge on any atom is -1.00 e. The summed E-state index contributed by atoms with van der Waals surface area (Å²) in [5.74, 6) is 0. The van der Waals surface area contributed by atoms with E-state index in [-0.39, 0.29) is 12.4 Å². The molecule has 1 aromatic heterocycles. The Morgan fingerprint density at radius 1 is 0.871 bits per heavy atom. The molecule has 0 amide bonds. The first-order chi connectivity index (χ1) is 14.4. The maximum Gasteiger partial charge on any atom is 0.379 e. The zero-order valence-electron chi connectivity index (χ0n) is 19.7. The molecule has 0 unspecified atom stereocenters. The van der Waals surface area contributed by atoms with Gasteiger partial charge in [0.05, 0.1) is 6.54 Å². The lowest BCUT2D eigenvalue weighted by Gasteiger charge is -2.09. The van der Waals surface area contributed by atoms with E-state index >= 15 is 0 Å². The molecule has 1 aromatic carbocycles. The Morgan fingerprint density at radius 2 is 1.39 bits per heavy atom. The molecule has 176 valence electrons. The Kier molecular flexibility index (Phi) is 12.4. The molecule has 0 radical (unpaired) electrons. The van der Waals surface area contributed by atoms with E-state index in [1.807, 2.05) is 42.0 Å². The number of rotatable bonds is 14. The first-order valence-corrected chi connectivity index (χ1v) is 12.9. The molecule has 0 aliphatic carbocycles. The zero-order chi connectivity index (χ0) is 22.0. The number of aromatic nitrogens is 2. The number of nitrogens with zero attached hydrogens (tertiary/aromatic N) is 3. The fourth-order valence-corrected chi connectivity index (χ4v) is 4.63. The van der Waals surface area contributed by atoms with Crippen molar-refractivity contribution >= 4 is 10.2 Å². The second-order valence-electron chi connectivity index (χ2n) is 8.50. The smallest absolute Gasteiger partial charge is 0.379 e. The van der Waals surface area contributed by atoms with E-state index in [1.165, 1.54) is 66.1 Å². The third-order valence-corrected chi connectivity index (χ3v) is 7.32. The molecule has 0 saturated heterocycles. The van der Waals surface area contributed by atoms with E-state index in [0.717, 1.165) is 24.1 Å². The minimum absolute atomic E-state index is 0. The quantitative estimate of drug-likeness (QED) is 0.315. The van der Waals surface area contributed by atoms with Gasteiger partial charge < -0.3 is 12.4 Å². The summed E-state index contributed by atoms with van der Waals surface area (Å²) < 4.78 is 30.3. The van der Waals surface area contributed by atoms with Crippen LogP contribution in [-0.4, -0.2) is 30.8 Å². The van der Waals surface area contributed by atoms with Gasteiger partial charge in [0.1, 0.15) is 6.20 Å². The SMILES string of the molecule is CCCCCCCCCCCC[n+]1cc(-c2ccc(C)cc2)n(S(=O)(=O)N(C)C)c1.[Cl-]. The molecule has 0 aliphatic heterocycles. The number of hydrogen-bond donors (Lipinski definition) is 0. The number of aryl methyl sites for hydroxylation is 2. The zero-order valence-corrected chi connectivity index (χ0v) is 21.3. The topological polar surface area (TPSA) is 46.2 Å². The lowest BCUT2D eigenvalue weighted by Crippen LogP contribution is -3.00. The summed E-state index contributed by atoms with van der Waals surface area (Å²) in [6.45, 7) is 5.13. The van der Waals surface area contributed by atoms with Crippen LogP contribution in [0.25, 0.3) is 11.3 Å². The third-order valence-electron chi connectivity index (χ3n) is 5.61. The molecule has 1 heterocycles. The second kappa shape index (κ2) is 13.9. The van der Waals surface area contributed by atoms with Crippen LogP contribution in [0.5, 0.6) is 0 Å². The Balaban J connectivity index is 0.00000480. The van der Waals surface area contributed by atoms with Crippen LogP contribution in [0.15, 0.2) is 36.8 Å². The van der Waals surface area contributed by atoms with Gasteiger partial charge >= 0.3 is 10.2 Å². The minimum atomic E-state index is -3.57. The van der Waals surface area contributed by atoms with E-state index in [4.69, 9.17) is 0 Å². The molecule has 0 aliphatic rings. The monoisotopic (exact) mass is 469 g/mol. The normalized spacial score (nSPS) is 11.6. The lowest BCUT2D eigenvalue weighted by atomic mass is 10.1. The van der Waals surface area contributed by atoms with Crippen molar-refractivity contribution in [3.63, 3.8) is 0 Å². The van der Waals surface area contributed by atoms with Crippen LogP contribution in [0.3, 0.4) is 0 Å². The average molecular weight is 470 g/mol. The van der Waals surface area contributed by atoms with E-state index in [2.05, 4.69) is 6.92 Å². The standard InChI is InChI=1S/C24H40N3O2S.ClH/c1-5-6-7-8-9-10-11-12-13-14-19-26-20-24(23-17-15-22(2)16-18-23)27(21-26)30(28,29)25(3)4;/h15-18,20-21H,5-14,19H2,1-4H3;1H/q+1;/p-1. The number of halogens is 1. The Hall–Kier alpha value is -1.37. The second-order valence-corrected chi connectivity index (χ2v) is 10.5. The highest BCUT2D eigenvalue weighted by Gasteiger charge is 2.28. The highest BCUT2D eigenvalue weighted by atomic mass is 35.5. The molecule has 2 aromatic rings. The number of unbranched alkanes of at least 4 members (excludes halogenated alkanes) is 9. The van der Waals surface area contributed by atoms with Gasteiger partial charge in [-0.25, -0.2) is 4.57 Å². The summed E-state index contributed by atoms with van der Waals surface area (Å²) in [6.07, 6.45) is 16.6. The van der Waals surface area contributed by atoms with E-state index in [0.29, 0.717) is 5.69 Å². The Bertz CT molecular complexity index is 861. The van der Waals surface area contributed by atoms with Crippen LogP contribution in [0.2, 0.25) is 0 Å². The van der Waals surface area contributed by atoms with Gasteiger partial charge in [0.2, 0.25) is 0 Å². The van der Waals surface area contributed by atoms with Crippen LogP contribution in [-0.2, 0) is 16.8 Å². The van der Waals surface area contributed by atoms with Crippen LogP contribution in [0.4, 0.5) is 0 Å². The highest BCUT2D eigenvalue weighted by molar-refractivity contribution is 7.87. The predicted octanol–water partition coefficient (Wildman–Crippen LogP) is 2.33. The molecule has 2 rings (SSSR count). The van der Waals surface area contributed by atoms with Gasteiger partial charge in [0.15, 0.2) is 5.69 Å². The summed E-state index contributed by atoms with van der Waals surface area (Å²) in [5.41, 5.74) is 2.77. The first-order valence-electron chi connectivity index (χ1n) is 11.5. The van der Waals surface area contributed by atoms with Crippen molar-refractivity contribution in [3.8, 4) is 11.3 Å². The van der Waals surface area contributed by atoms with E-state index < -0.39 is 10.2 Å². The van der Waals surface area contributed by atoms with Crippen molar-refractivity contribution in [3.05, 3.63) is 42.4 Å². The molecule has 31 heavy (non-hydrogen) atoms. The average Bonchev–Trinajstić information content (AvgIpc) is 3.15. The Morgan fingerprint density at radius 3 is 1.90 bits per heavy atom. The highest BCUT2D eigenvalue weighted by Crippen LogP contribution is 2.21. The summed E-state index contributed by atoms with van der Waals surface area (Å²) in [4.78, 5) is 0. The van der Waals surface area contributed by atoms with Gasteiger partial charge in [0.25, 0.3) is 6.33 Å². The molecule has 0 N–H and O–H groups in total. The molecule has 5 nitrogen and oxygen atoms in total. The molecule has 0 spiro atoms. The number of benzene rings is 1. The summed E-state index contributed by atoms with van der Waals surface area (Å²) in [5, 5.41) is 0. The van der Waals surface area contributed by atoms with Crippen molar-refractivity contribution in [1.29, 1.82) is 0 Å². The van der Waals surface area contributed by atoms with Crippen LogP contribution in [0, 0.1) is 6.92 Å². The maximum absolute atomic E-state index is 12.8. The Labute approximate surface area is 196 Å². The molecular weight excluding hydrogens is 430 g/mol. The maximum atomic E-state index is 12.8. The summed E-state index contributed by atoms with van der Waals surface area (Å²) in [7, 11) is -0.428. The van der Waals surface area contributed by atoms with Crippen molar-refractivity contribution in [2.75, 3.05) is 14.1 Å². The van der Waals surface area contributed by atoms with Gasteiger partial charge in [0, 0.05) is 19.7 Å². The molecule has 0 bridgehead atoms. The van der Waals surface area contributed by atoms with Gasteiger partial charge in [-0.15, -0.1) is 3.97 Å². The number of imidazole rings is 1. The van der Waals surface area contributed by atoms with Crippen molar-refractivity contribution in [2.24, 2.45) is 0 Å². The largest absolute Gasteiger partial charge is 1.00 e.